The van der Waals surface area contributed by atoms with Gasteiger partial charge >= 0.3 is 0 Å². The molecule has 1 aliphatic heterocycles. The standard InChI is InChI=1S/C12H24O3Si/c1-12(2,3)16(4,5)14-8-6-7-10-11(9-13)15-10/h6-7,10-11,13H,8-9H2,1-5H3/b7-6+/t10-,11-/m1/s1. The third-order valence-corrected chi connectivity index (χ3v) is 7.97. The van der Waals surface area contributed by atoms with E-state index in [9.17, 15) is 0 Å². The molecule has 0 aromatic carbocycles. The quantitative estimate of drug-likeness (QED) is 0.458. The number of epoxide rings is 1. The highest BCUT2D eigenvalue weighted by Gasteiger charge is 2.37. The summed E-state index contributed by atoms with van der Waals surface area (Å²) in [5, 5.41) is 9.04. The summed E-state index contributed by atoms with van der Waals surface area (Å²) < 4.78 is 11.2. The number of aliphatic hydroxyl groups is 1. The van der Waals surface area contributed by atoms with E-state index in [1.54, 1.807) is 0 Å². The Bertz CT molecular complexity index is 255. The van der Waals surface area contributed by atoms with E-state index < -0.39 is 8.32 Å². The second-order valence-electron chi connectivity index (χ2n) is 5.82. The molecule has 1 aliphatic rings. The maximum Gasteiger partial charge on any atom is 0.192 e. The summed E-state index contributed by atoms with van der Waals surface area (Å²) in [6.45, 7) is 11.9. The van der Waals surface area contributed by atoms with E-state index in [-0.39, 0.29) is 23.9 Å². The molecule has 0 bridgehead atoms. The van der Waals surface area contributed by atoms with Crippen LogP contribution in [0, 0.1) is 0 Å². The number of hydrogen-bond donors (Lipinski definition) is 1. The van der Waals surface area contributed by atoms with Crippen LogP contribution in [-0.4, -0.2) is 38.8 Å². The van der Waals surface area contributed by atoms with Crippen molar-refractivity contribution in [2.45, 2.75) is 51.1 Å². The Morgan fingerprint density at radius 3 is 2.44 bits per heavy atom. The van der Waals surface area contributed by atoms with Crippen molar-refractivity contribution in [1.82, 2.24) is 0 Å². The van der Waals surface area contributed by atoms with Crippen molar-refractivity contribution < 1.29 is 14.3 Å². The first-order valence-electron chi connectivity index (χ1n) is 5.85. The molecule has 1 heterocycles. The largest absolute Gasteiger partial charge is 0.413 e. The van der Waals surface area contributed by atoms with Crippen molar-refractivity contribution in [3.8, 4) is 0 Å². The van der Waals surface area contributed by atoms with Crippen LogP contribution in [-0.2, 0) is 9.16 Å². The summed E-state index contributed by atoms with van der Waals surface area (Å²) in [4.78, 5) is 0. The van der Waals surface area contributed by atoms with Gasteiger partial charge in [0.1, 0.15) is 12.2 Å². The number of hydrogen-bond acceptors (Lipinski definition) is 3. The molecule has 0 unspecified atom stereocenters. The predicted molar refractivity (Wildman–Crippen MR) is 68.0 cm³/mol. The molecule has 4 heteroatoms. The van der Waals surface area contributed by atoms with Crippen LogP contribution in [0.2, 0.25) is 18.1 Å². The summed E-state index contributed by atoms with van der Waals surface area (Å²) >= 11 is 0. The average molecular weight is 244 g/mol. The van der Waals surface area contributed by atoms with Gasteiger partial charge in [0, 0.05) is 0 Å². The molecular weight excluding hydrogens is 220 g/mol. The molecule has 1 N–H and O–H groups in total. The van der Waals surface area contributed by atoms with Crippen LogP contribution in [0.25, 0.3) is 0 Å². The van der Waals surface area contributed by atoms with E-state index >= 15 is 0 Å². The van der Waals surface area contributed by atoms with Gasteiger partial charge in [-0.15, -0.1) is 0 Å². The van der Waals surface area contributed by atoms with Crippen LogP contribution in [0.4, 0.5) is 0 Å². The zero-order valence-electron chi connectivity index (χ0n) is 11.0. The fraction of sp³-hybridized carbons (Fsp3) is 0.833. The highest BCUT2D eigenvalue weighted by Crippen LogP contribution is 2.36. The smallest absolute Gasteiger partial charge is 0.192 e. The van der Waals surface area contributed by atoms with Gasteiger partial charge in [-0.2, -0.15) is 0 Å². The van der Waals surface area contributed by atoms with E-state index in [2.05, 4.69) is 33.9 Å². The van der Waals surface area contributed by atoms with Gasteiger partial charge in [-0.25, -0.2) is 0 Å². The molecule has 0 spiro atoms. The highest BCUT2D eigenvalue weighted by molar-refractivity contribution is 6.74. The molecule has 0 aromatic heterocycles. The minimum absolute atomic E-state index is 0.0177. The Kier molecular flexibility index (Phi) is 4.34. The Labute approximate surface area is 99.6 Å². The van der Waals surface area contributed by atoms with Crippen LogP contribution in [0.1, 0.15) is 20.8 Å². The Morgan fingerprint density at radius 2 is 2.00 bits per heavy atom. The normalized spacial score (nSPS) is 26.4. The molecule has 1 rings (SSSR count). The minimum atomic E-state index is -1.62. The number of ether oxygens (including phenoxy) is 1. The second kappa shape index (κ2) is 5.00. The zero-order valence-corrected chi connectivity index (χ0v) is 12.0. The Balaban J connectivity index is 2.25. The number of aliphatic hydroxyl groups excluding tert-OH is 1. The predicted octanol–water partition coefficient (Wildman–Crippen LogP) is 2.32. The average Bonchev–Trinajstić information content (AvgIpc) is 2.89. The lowest BCUT2D eigenvalue weighted by atomic mass is 10.2. The van der Waals surface area contributed by atoms with Crippen LogP contribution >= 0.6 is 0 Å². The third kappa shape index (κ3) is 3.70. The van der Waals surface area contributed by atoms with Crippen molar-refractivity contribution >= 4 is 8.32 Å². The SMILES string of the molecule is CC(C)(C)[Si](C)(C)OC/C=C/[C@H]1O[C@@H]1CO. The zero-order chi connectivity index (χ0) is 12.4. The molecule has 1 fully saturated rings. The molecular formula is C12H24O3Si. The molecule has 1 saturated heterocycles. The molecule has 0 aliphatic carbocycles. The third-order valence-electron chi connectivity index (χ3n) is 3.47. The Morgan fingerprint density at radius 1 is 1.38 bits per heavy atom. The van der Waals surface area contributed by atoms with Gasteiger partial charge in [-0.3, -0.25) is 0 Å². The lowest BCUT2D eigenvalue weighted by Crippen LogP contribution is -2.40. The first kappa shape index (κ1) is 13.9. The van der Waals surface area contributed by atoms with Gasteiger partial charge < -0.3 is 14.3 Å². The summed E-state index contributed by atoms with van der Waals surface area (Å²) in [6.07, 6.45) is 4.10. The minimum Gasteiger partial charge on any atom is -0.413 e. The Hall–Kier alpha value is -0.163. The molecule has 0 saturated carbocycles. The van der Waals surface area contributed by atoms with E-state index in [1.807, 2.05) is 12.2 Å². The molecule has 3 nitrogen and oxygen atoms in total. The molecule has 0 aromatic rings. The molecule has 94 valence electrons. The maximum absolute atomic E-state index is 8.79. The highest BCUT2D eigenvalue weighted by atomic mass is 28.4. The van der Waals surface area contributed by atoms with Crippen molar-refractivity contribution in [1.29, 1.82) is 0 Å². The number of rotatable bonds is 5. The topological polar surface area (TPSA) is 42.0 Å². The van der Waals surface area contributed by atoms with Gasteiger partial charge in [0.2, 0.25) is 0 Å². The molecule has 0 radical (unpaired) electrons. The first-order chi connectivity index (χ1) is 7.28. The molecule has 16 heavy (non-hydrogen) atoms. The van der Waals surface area contributed by atoms with Crippen molar-refractivity contribution in [2.24, 2.45) is 0 Å². The summed E-state index contributed by atoms with van der Waals surface area (Å²) in [5.41, 5.74) is 0. The fourth-order valence-corrected chi connectivity index (χ4v) is 2.08. The maximum atomic E-state index is 8.79. The van der Waals surface area contributed by atoms with Crippen LogP contribution in [0.3, 0.4) is 0 Å². The van der Waals surface area contributed by atoms with E-state index in [4.69, 9.17) is 14.3 Å². The summed E-state index contributed by atoms with van der Waals surface area (Å²) in [6, 6.07) is 0. The fourth-order valence-electron chi connectivity index (χ4n) is 1.14. The van der Waals surface area contributed by atoms with Crippen molar-refractivity contribution in [3.63, 3.8) is 0 Å². The van der Waals surface area contributed by atoms with Gasteiger partial charge in [-0.1, -0.05) is 32.9 Å². The second-order valence-corrected chi connectivity index (χ2v) is 10.6. The van der Waals surface area contributed by atoms with Crippen LogP contribution in [0.5, 0.6) is 0 Å². The lowest BCUT2D eigenvalue weighted by molar-refractivity contribution is 0.243. The molecule has 2 atom stereocenters. The van der Waals surface area contributed by atoms with Crippen LogP contribution < -0.4 is 0 Å². The van der Waals surface area contributed by atoms with Crippen LogP contribution in [0.15, 0.2) is 12.2 Å². The first-order valence-corrected chi connectivity index (χ1v) is 8.76. The van der Waals surface area contributed by atoms with Crippen molar-refractivity contribution in [2.75, 3.05) is 13.2 Å². The van der Waals surface area contributed by atoms with Gasteiger partial charge in [0.15, 0.2) is 8.32 Å². The van der Waals surface area contributed by atoms with Gasteiger partial charge in [-0.05, 0) is 18.1 Å². The summed E-state index contributed by atoms with van der Waals surface area (Å²) in [5.74, 6) is 0. The van der Waals surface area contributed by atoms with Crippen molar-refractivity contribution in [3.05, 3.63) is 12.2 Å². The lowest BCUT2D eigenvalue weighted by Gasteiger charge is -2.35. The monoisotopic (exact) mass is 244 g/mol. The van der Waals surface area contributed by atoms with E-state index in [1.165, 1.54) is 0 Å². The van der Waals surface area contributed by atoms with Gasteiger partial charge in [0.25, 0.3) is 0 Å². The van der Waals surface area contributed by atoms with E-state index in [0.717, 1.165) is 0 Å². The van der Waals surface area contributed by atoms with Gasteiger partial charge in [0.05, 0.1) is 13.2 Å². The van der Waals surface area contributed by atoms with E-state index in [0.29, 0.717) is 6.61 Å². The molecule has 0 amide bonds. The summed E-state index contributed by atoms with van der Waals surface area (Å²) in [7, 11) is -1.62.